The van der Waals surface area contributed by atoms with Crippen molar-refractivity contribution in [1.29, 1.82) is 0 Å². The third kappa shape index (κ3) is 2.96. The highest BCUT2D eigenvalue weighted by molar-refractivity contribution is 9.11. The first-order valence-electron chi connectivity index (χ1n) is 7.42. The van der Waals surface area contributed by atoms with Crippen molar-refractivity contribution in [2.75, 3.05) is 6.54 Å². The number of carbonyl (C=O) groups is 1. The summed E-state index contributed by atoms with van der Waals surface area (Å²) in [6.45, 7) is 0.921. The third-order valence-electron chi connectivity index (χ3n) is 4.61. The van der Waals surface area contributed by atoms with E-state index in [0.29, 0.717) is 6.04 Å². The van der Waals surface area contributed by atoms with Gasteiger partial charge in [-0.05, 0) is 49.8 Å². The molecule has 2 nitrogen and oxygen atoms in total. The van der Waals surface area contributed by atoms with E-state index in [0.717, 1.165) is 33.4 Å². The lowest BCUT2D eigenvalue weighted by atomic mass is 9.78. The van der Waals surface area contributed by atoms with E-state index in [4.69, 9.17) is 0 Å². The van der Waals surface area contributed by atoms with Crippen LogP contribution in [-0.4, -0.2) is 23.4 Å². The Morgan fingerprint density at radius 2 is 1.65 bits per heavy atom. The van der Waals surface area contributed by atoms with Crippen molar-refractivity contribution >= 4 is 37.8 Å². The first-order valence-corrected chi connectivity index (χ1v) is 9.01. The van der Waals surface area contributed by atoms with E-state index in [1.54, 1.807) is 0 Å². The molecule has 2 fully saturated rings. The van der Waals surface area contributed by atoms with Gasteiger partial charge in [-0.1, -0.05) is 44.7 Å². The Morgan fingerprint density at radius 3 is 2.40 bits per heavy atom. The molecule has 108 valence electrons. The number of benzene rings is 1. The van der Waals surface area contributed by atoms with Crippen LogP contribution in [0, 0.1) is 5.92 Å². The van der Waals surface area contributed by atoms with Crippen molar-refractivity contribution < 1.29 is 4.79 Å². The van der Waals surface area contributed by atoms with E-state index in [9.17, 15) is 4.79 Å². The van der Waals surface area contributed by atoms with Crippen LogP contribution in [0.5, 0.6) is 0 Å². The first-order chi connectivity index (χ1) is 9.65. The van der Waals surface area contributed by atoms with Crippen LogP contribution in [0.25, 0.3) is 0 Å². The number of amides is 1. The van der Waals surface area contributed by atoms with Gasteiger partial charge in [-0.2, -0.15) is 0 Å². The fourth-order valence-corrected chi connectivity index (χ4v) is 5.01. The van der Waals surface area contributed by atoms with Gasteiger partial charge in [0.2, 0.25) is 0 Å². The number of halogens is 2. The van der Waals surface area contributed by atoms with Gasteiger partial charge in [-0.3, -0.25) is 4.79 Å². The number of fused-ring (bicyclic) bond motifs is 1. The van der Waals surface area contributed by atoms with Crippen LogP contribution in [0.4, 0.5) is 0 Å². The monoisotopic (exact) mass is 399 g/mol. The molecule has 1 aromatic carbocycles. The Kier molecular flexibility index (Phi) is 4.51. The van der Waals surface area contributed by atoms with Crippen molar-refractivity contribution in [3.8, 4) is 0 Å². The molecule has 3 rings (SSSR count). The second-order valence-corrected chi connectivity index (χ2v) is 7.74. The minimum atomic E-state index is 0.198. The fourth-order valence-electron chi connectivity index (χ4n) is 3.72. The lowest BCUT2D eigenvalue weighted by molar-refractivity contribution is 0.0390. The Labute approximate surface area is 137 Å². The van der Waals surface area contributed by atoms with Gasteiger partial charge in [0, 0.05) is 27.1 Å². The maximum absolute atomic E-state index is 12.8. The van der Waals surface area contributed by atoms with Crippen LogP contribution in [0.2, 0.25) is 0 Å². The molecule has 1 saturated heterocycles. The lowest BCUT2D eigenvalue weighted by Crippen LogP contribution is -2.49. The van der Waals surface area contributed by atoms with Crippen LogP contribution in [0.1, 0.15) is 48.9 Å². The summed E-state index contributed by atoms with van der Waals surface area (Å²) in [4.78, 5) is 15.0. The maximum Gasteiger partial charge on any atom is 0.254 e. The summed E-state index contributed by atoms with van der Waals surface area (Å²) in [5, 5.41) is 0. The van der Waals surface area contributed by atoms with Gasteiger partial charge in [0.05, 0.1) is 0 Å². The highest BCUT2D eigenvalue weighted by Crippen LogP contribution is 2.36. The molecule has 0 N–H and O–H groups in total. The summed E-state index contributed by atoms with van der Waals surface area (Å²) in [6.07, 6.45) is 7.56. The zero-order valence-corrected chi connectivity index (χ0v) is 14.6. The average Bonchev–Trinajstić information content (AvgIpc) is 2.45. The molecule has 0 aromatic heterocycles. The maximum atomic E-state index is 12.8. The van der Waals surface area contributed by atoms with E-state index < -0.39 is 0 Å². The summed E-state index contributed by atoms with van der Waals surface area (Å²) in [5.74, 6) is 0.931. The minimum absolute atomic E-state index is 0.198. The Morgan fingerprint density at radius 1 is 1.00 bits per heavy atom. The summed E-state index contributed by atoms with van der Waals surface area (Å²) < 4.78 is 1.90. The highest BCUT2D eigenvalue weighted by Gasteiger charge is 2.35. The molecule has 2 aliphatic rings. The molecule has 1 heterocycles. The van der Waals surface area contributed by atoms with Crippen LogP contribution < -0.4 is 0 Å². The number of likely N-dealkylation sites (tertiary alicyclic amines) is 1. The summed E-state index contributed by atoms with van der Waals surface area (Å²) in [5.41, 5.74) is 0.789. The normalized spacial score (nSPS) is 26.2. The molecular formula is C16H19Br2NO. The van der Waals surface area contributed by atoms with Crippen molar-refractivity contribution in [3.63, 3.8) is 0 Å². The van der Waals surface area contributed by atoms with Crippen LogP contribution in [-0.2, 0) is 0 Å². The Hall–Kier alpha value is -0.350. The Balaban J connectivity index is 1.84. The number of piperidine rings is 1. The zero-order chi connectivity index (χ0) is 14.1. The van der Waals surface area contributed by atoms with Crippen LogP contribution >= 0.6 is 31.9 Å². The molecule has 2 atom stereocenters. The topological polar surface area (TPSA) is 20.3 Å². The van der Waals surface area contributed by atoms with Gasteiger partial charge in [-0.15, -0.1) is 0 Å². The van der Waals surface area contributed by atoms with E-state index >= 15 is 0 Å². The summed E-state index contributed by atoms with van der Waals surface area (Å²) in [6, 6.07) is 6.30. The molecule has 0 spiro atoms. The van der Waals surface area contributed by atoms with Crippen molar-refractivity contribution in [3.05, 3.63) is 32.7 Å². The number of hydrogen-bond acceptors (Lipinski definition) is 1. The predicted molar refractivity (Wildman–Crippen MR) is 87.9 cm³/mol. The predicted octanol–water partition coefficient (Wildman–Crippen LogP) is 5.01. The fraction of sp³-hybridized carbons (Fsp3) is 0.562. The number of hydrogen-bond donors (Lipinski definition) is 0. The zero-order valence-electron chi connectivity index (χ0n) is 11.4. The molecule has 4 heteroatoms. The quantitative estimate of drug-likeness (QED) is 0.648. The third-order valence-corrected chi connectivity index (χ3v) is 5.53. The van der Waals surface area contributed by atoms with Crippen LogP contribution in [0.3, 0.4) is 0 Å². The average molecular weight is 401 g/mol. The molecule has 1 amide bonds. The molecule has 1 aliphatic heterocycles. The SMILES string of the molecule is O=C(c1cc(Br)cc(Br)c1)N1CCC[C@H]2CCCC[C@H]21. The van der Waals surface area contributed by atoms with Gasteiger partial charge in [0.15, 0.2) is 0 Å². The van der Waals surface area contributed by atoms with Gasteiger partial charge in [0.25, 0.3) is 5.91 Å². The summed E-state index contributed by atoms with van der Waals surface area (Å²) in [7, 11) is 0. The number of carbonyl (C=O) groups excluding carboxylic acids is 1. The van der Waals surface area contributed by atoms with Gasteiger partial charge >= 0.3 is 0 Å². The largest absolute Gasteiger partial charge is 0.335 e. The molecule has 0 radical (unpaired) electrons. The van der Waals surface area contributed by atoms with E-state index in [-0.39, 0.29) is 5.91 Å². The lowest BCUT2D eigenvalue weighted by Gasteiger charge is -2.44. The van der Waals surface area contributed by atoms with Crippen molar-refractivity contribution in [1.82, 2.24) is 4.90 Å². The van der Waals surface area contributed by atoms with E-state index in [2.05, 4.69) is 36.8 Å². The molecule has 1 saturated carbocycles. The van der Waals surface area contributed by atoms with E-state index in [1.807, 2.05) is 18.2 Å². The molecule has 20 heavy (non-hydrogen) atoms. The standard InChI is InChI=1S/C16H19Br2NO/c17-13-8-12(9-14(18)10-13)16(20)19-7-3-5-11-4-1-2-6-15(11)19/h8-11,15H,1-7H2/t11-,15-/m1/s1. The van der Waals surface area contributed by atoms with Crippen molar-refractivity contribution in [2.24, 2.45) is 5.92 Å². The minimum Gasteiger partial charge on any atom is -0.335 e. The van der Waals surface area contributed by atoms with Gasteiger partial charge in [0.1, 0.15) is 0 Å². The molecule has 1 aliphatic carbocycles. The Bertz CT molecular complexity index is 495. The van der Waals surface area contributed by atoms with Gasteiger partial charge in [-0.25, -0.2) is 0 Å². The smallest absolute Gasteiger partial charge is 0.254 e. The van der Waals surface area contributed by atoms with Crippen molar-refractivity contribution in [2.45, 2.75) is 44.6 Å². The van der Waals surface area contributed by atoms with E-state index in [1.165, 1.54) is 32.1 Å². The molecular weight excluding hydrogens is 382 g/mol. The van der Waals surface area contributed by atoms with Crippen LogP contribution in [0.15, 0.2) is 27.1 Å². The molecule has 0 bridgehead atoms. The first kappa shape index (κ1) is 14.6. The summed E-state index contributed by atoms with van der Waals surface area (Å²) >= 11 is 6.95. The van der Waals surface area contributed by atoms with Gasteiger partial charge < -0.3 is 4.90 Å². The number of nitrogens with zero attached hydrogens (tertiary/aromatic N) is 1. The second kappa shape index (κ2) is 6.18. The molecule has 0 unspecified atom stereocenters. The highest BCUT2D eigenvalue weighted by atomic mass is 79.9. The number of rotatable bonds is 1. The second-order valence-electron chi connectivity index (χ2n) is 5.91. The molecule has 1 aromatic rings.